The molecule has 1 unspecified atom stereocenters. The third-order valence-electron chi connectivity index (χ3n) is 4.87. The van der Waals surface area contributed by atoms with Crippen molar-refractivity contribution in [1.82, 2.24) is 4.90 Å². The molecule has 0 bridgehead atoms. The topological polar surface area (TPSA) is 76.1 Å². The molecule has 2 aliphatic rings. The van der Waals surface area contributed by atoms with Crippen LogP contribution >= 0.6 is 0 Å². The third-order valence-corrected chi connectivity index (χ3v) is 4.87. The molecule has 2 aliphatic heterocycles. The minimum atomic E-state index is -1.04. The van der Waals surface area contributed by atoms with Crippen LogP contribution in [-0.4, -0.2) is 54.0 Å². The van der Waals surface area contributed by atoms with Gasteiger partial charge >= 0.3 is 5.97 Å². The van der Waals surface area contributed by atoms with Gasteiger partial charge in [-0.2, -0.15) is 0 Å². The number of carboxylic acid groups (broad SMARTS) is 1. The second-order valence-corrected chi connectivity index (χ2v) is 6.58. The zero-order valence-electron chi connectivity index (χ0n) is 13.1. The van der Waals surface area contributed by atoms with E-state index in [1.54, 1.807) is 11.8 Å². The van der Waals surface area contributed by atoms with Crippen molar-refractivity contribution in [2.24, 2.45) is 11.3 Å². The molecule has 2 heterocycles. The van der Waals surface area contributed by atoms with Crippen molar-refractivity contribution in [1.29, 1.82) is 0 Å². The number of amides is 1. The van der Waals surface area contributed by atoms with Gasteiger partial charge in [0, 0.05) is 19.4 Å². The highest BCUT2D eigenvalue weighted by Gasteiger charge is 2.45. The number of carbonyl (C=O) groups excluding carboxylic acids is 1. The fourth-order valence-electron chi connectivity index (χ4n) is 2.89. The molecule has 6 nitrogen and oxygen atoms in total. The Balaban J connectivity index is 2.04. The predicted octanol–water partition coefficient (Wildman–Crippen LogP) is 1.49. The van der Waals surface area contributed by atoms with Crippen LogP contribution in [0.3, 0.4) is 0 Å². The van der Waals surface area contributed by atoms with E-state index in [0.29, 0.717) is 26.3 Å². The first-order chi connectivity index (χ1) is 9.79. The van der Waals surface area contributed by atoms with E-state index in [4.69, 9.17) is 9.47 Å². The Morgan fingerprint density at radius 3 is 2.48 bits per heavy atom. The number of carboxylic acids is 1. The SMILES string of the molecule is CC(C)C(C)(CC(=O)N1CCCC2(C1)OCCO2)C(=O)O. The number of carbonyl (C=O) groups is 2. The highest BCUT2D eigenvalue weighted by molar-refractivity contribution is 5.85. The van der Waals surface area contributed by atoms with Crippen molar-refractivity contribution in [2.75, 3.05) is 26.3 Å². The van der Waals surface area contributed by atoms with Gasteiger partial charge in [-0.25, -0.2) is 0 Å². The van der Waals surface area contributed by atoms with Gasteiger partial charge in [-0.1, -0.05) is 13.8 Å². The number of piperidine rings is 1. The van der Waals surface area contributed by atoms with Gasteiger partial charge in [0.15, 0.2) is 5.79 Å². The number of aliphatic carboxylic acids is 1. The zero-order chi connectivity index (χ0) is 15.7. The summed E-state index contributed by atoms with van der Waals surface area (Å²) in [7, 11) is 0. The molecule has 2 fully saturated rings. The largest absolute Gasteiger partial charge is 0.481 e. The van der Waals surface area contributed by atoms with Crippen LogP contribution in [0.4, 0.5) is 0 Å². The van der Waals surface area contributed by atoms with Crippen LogP contribution in [0.2, 0.25) is 0 Å². The molecule has 120 valence electrons. The predicted molar refractivity (Wildman–Crippen MR) is 75.6 cm³/mol. The lowest BCUT2D eigenvalue weighted by Crippen LogP contribution is -2.52. The van der Waals surface area contributed by atoms with Crippen LogP contribution in [0.15, 0.2) is 0 Å². The maximum atomic E-state index is 12.5. The van der Waals surface area contributed by atoms with Gasteiger partial charge in [-0.15, -0.1) is 0 Å². The van der Waals surface area contributed by atoms with E-state index in [0.717, 1.165) is 12.8 Å². The van der Waals surface area contributed by atoms with E-state index in [1.165, 1.54) is 0 Å². The molecule has 6 heteroatoms. The van der Waals surface area contributed by atoms with Crippen molar-refractivity contribution < 1.29 is 24.2 Å². The molecule has 0 aromatic heterocycles. The van der Waals surface area contributed by atoms with Crippen LogP contribution in [0.25, 0.3) is 0 Å². The number of hydrogen-bond donors (Lipinski definition) is 1. The van der Waals surface area contributed by atoms with Crippen molar-refractivity contribution >= 4 is 11.9 Å². The van der Waals surface area contributed by atoms with Gasteiger partial charge in [-0.05, 0) is 19.3 Å². The summed E-state index contributed by atoms with van der Waals surface area (Å²) in [4.78, 5) is 25.7. The molecule has 0 saturated carbocycles. The first-order valence-corrected chi connectivity index (χ1v) is 7.58. The standard InChI is InChI=1S/C15H25NO5/c1-11(2)14(3,13(18)19)9-12(17)16-6-4-5-15(10-16)20-7-8-21-15/h11H,4-10H2,1-3H3,(H,18,19). The van der Waals surface area contributed by atoms with Gasteiger partial charge < -0.3 is 19.5 Å². The molecule has 1 N–H and O–H groups in total. The summed E-state index contributed by atoms with van der Waals surface area (Å²) in [6.45, 7) is 7.47. The maximum absolute atomic E-state index is 12.5. The van der Waals surface area contributed by atoms with Crippen LogP contribution in [-0.2, 0) is 19.1 Å². The summed E-state index contributed by atoms with van der Waals surface area (Å²) in [6.07, 6.45) is 1.62. The summed E-state index contributed by atoms with van der Waals surface area (Å²) >= 11 is 0. The minimum absolute atomic E-state index is 0.01000. The van der Waals surface area contributed by atoms with Crippen molar-refractivity contribution in [3.63, 3.8) is 0 Å². The van der Waals surface area contributed by atoms with E-state index in [1.807, 2.05) is 13.8 Å². The lowest BCUT2D eigenvalue weighted by molar-refractivity contribution is -0.194. The lowest BCUT2D eigenvalue weighted by Gasteiger charge is -2.40. The van der Waals surface area contributed by atoms with E-state index in [9.17, 15) is 14.7 Å². The molecular weight excluding hydrogens is 274 g/mol. The molecule has 1 spiro atoms. The Bertz CT molecular complexity index is 416. The summed E-state index contributed by atoms with van der Waals surface area (Å²) in [5.74, 6) is -1.83. The van der Waals surface area contributed by atoms with Gasteiger partial charge in [0.05, 0.1) is 25.2 Å². The first-order valence-electron chi connectivity index (χ1n) is 7.58. The molecule has 2 rings (SSSR count). The zero-order valence-corrected chi connectivity index (χ0v) is 13.1. The molecule has 0 aromatic carbocycles. The maximum Gasteiger partial charge on any atom is 0.310 e. The smallest absolute Gasteiger partial charge is 0.310 e. The Morgan fingerprint density at radius 2 is 1.95 bits per heavy atom. The molecule has 0 radical (unpaired) electrons. The Morgan fingerprint density at radius 1 is 1.33 bits per heavy atom. The van der Waals surface area contributed by atoms with Gasteiger partial charge in [0.2, 0.25) is 5.91 Å². The summed E-state index contributed by atoms with van der Waals surface area (Å²) in [5, 5.41) is 9.44. The molecule has 0 aromatic rings. The van der Waals surface area contributed by atoms with Crippen LogP contribution < -0.4 is 0 Å². The highest BCUT2D eigenvalue weighted by atomic mass is 16.7. The van der Waals surface area contributed by atoms with Crippen LogP contribution in [0, 0.1) is 11.3 Å². The Hall–Kier alpha value is -1.14. The second kappa shape index (κ2) is 5.93. The average molecular weight is 299 g/mol. The molecular formula is C15H25NO5. The average Bonchev–Trinajstić information content (AvgIpc) is 2.86. The molecule has 2 saturated heterocycles. The molecule has 1 atom stereocenters. The summed E-state index contributed by atoms with van der Waals surface area (Å²) < 4.78 is 11.3. The minimum Gasteiger partial charge on any atom is -0.481 e. The van der Waals surface area contributed by atoms with Gasteiger partial charge in [-0.3, -0.25) is 9.59 Å². The van der Waals surface area contributed by atoms with Crippen molar-refractivity contribution in [3.05, 3.63) is 0 Å². The highest BCUT2D eigenvalue weighted by Crippen LogP contribution is 2.34. The van der Waals surface area contributed by atoms with E-state index >= 15 is 0 Å². The second-order valence-electron chi connectivity index (χ2n) is 6.58. The van der Waals surface area contributed by atoms with E-state index < -0.39 is 17.2 Å². The van der Waals surface area contributed by atoms with E-state index in [-0.39, 0.29) is 18.2 Å². The van der Waals surface area contributed by atoms with Crippen LogP contribution in [0.1, 0.15) is 40.0 Å². The number of likely N-dealkylation sites (tertiary alicyclic amines) is 1. The monoisotopic (exact) mass is 299 g/mol. The Kier molecular flexibility index (Phi) is 4.58. The number of rotatable bonds is 4. The normalized spacial score (nSPS) is 24.3. The third kappa shape index (κ3) is 3.21. The van der Waals surface area contributed by atoms with Crippen LogP contribution in [0.5, 0.6) is 0 Å². The molecule has 0 aliphatic carbocycles. The molecule has 1 amide bonds. The summed E-state index contributed by atoms with van der Waals surface area (Å²) in [5.41, 5.74) is -1.04. The molecule has 21 heavy (non-hydrogen) atoms. The van der Waals surface area contributed by atoms with Gasteiger partial charge in [0.1, 0.15) is 0 Å². The van der Waals surface area contributed by atoms with E-state index in [2.05, 4.69) is 0 Å². The fraction of sp³-hybridized carbons (Fsp3) is 0.867. The number of nitrogens with zero attached hydrogens (tertiary/aromatic N) is 1. The quantitative estimate of drug-likeness (QED) is 0.851. The van der Waals surface area contributed by atoms with Crippen molar-refractivity contribution in [2.45, 2.75) is 45.8 Å². The lowest BCUT2D eigenvalue weighted by atomic mass is 9.76. The number of hydrogen-bond acceptors (Lipinski definition) is 4. The number of ether oxygens (including phenoxy) is 2. The van der Waals surface area contributed by atoms with Gasteiger partial charge in [0.25, 0.3) is 0 Å². The first kappa shape index (κ1) is 16.2. The Labute approximate surface area is 125 Å². The fourth-order valence-corrected chi connectivity index (χ4v) is 2.89. The summed E-state index contributed by atoms with van der Waals surface area (Å²) in [6, 6.07) is 0. The van der Waals surface area contributed by atoms with Crippen molar-refractivity contribution in [3.8, 4) is 0 Å².